The highest BCUT2D eigenvalue weighted by Gasteiger charge is 2.26. The number of rotatable bonds is 3. The average Bonchev–Trinajstić information content (AvgIpc) is 2.82. The van der Waals surface area contributed by atoms with Crippen molar-refractivity contribution in [3.63, 3.8) is 0 Å². The van der Waals surface area contributed by atoms with Gasteiger partial charge in [0.25, 0.3) is 0 Å². The van der Waals surface area contributed by atoms with Gasteiger partial charge in [-0.3, -0.25) is 0 Å². The maximum absolute atomic E-state index is 5.61. The summed E-state index contributed by atoms with van der Waals surface area (Å²) in [4.78, 5) is 0. The van der Waals surface area contributed by atoms with Crippen LogP contribution in [0.25, 0.3) is 0 Å². The van der Waals surface area contributed by atoms with Gasteiger partial charge in [0.15, 0.2) is 0 Å². The Labute approximate surface area is 110 Å². The molecule has 0 spiro atoms. The van der Waals surface area contributed by atoms with E-state index in [0.717, 1.165) is 19.6 Å². The van der Waals surface area contributed by atoms with E-state index in [-0.39, 0.29) is 0 Å². The maximum atomic E-state index is 5.61. The van der Waals surface area contributed by atoms with Crippen LogP contribution in [0.5, 0.6) is 0 Å². The van der Waals surface area contributed by atoms with Crippen LogP contribution in [0.15, 0.2) is 24.3 Å². The topological polar surface area (TPSA) is 21.3 Å². The fourth-order valence-corrected chi connectivity index (χ4v) is 3.36. The summed E-state index contributed by atoms with van der Waals surface area (Å²) in [5, 5.41) is 3.72. The molecule has 0 aromatic heterocycles. The Morgan fingerprint density at radius 3 is 3.00 bits per heavy atom. The lowest BCUT2D eigenvalue weighted by Gasteiger charge is -2.27. The van der Waals surface area contributed by atoms with Crippen molar-refractivity contribution in [3.8, 4) is 0 Å². The maximum Gasteiger partial charge on any atom is 0.0700 e. The van der Waals surface area contributed by atoms with Crippen molar-refractivity contribution in [1.29, 1.82) is 0 Å². The summed E-state index contributed by atoms with van der Waals surface area (Å²) in [6.45, 7) is 4.20. The van der Waals surface area contributed by atoms with Gasteiger partial charge in [-0.15, -0.1) is 0 Å². The molecule has 1 fully saturated rings. The molecule has 1 aromatic carbocycles. The molecule has 18 heavy (non-hydrogen) atoms. The van der Waals surface area contributed by atoms with Gasteiger partial charge in [-0.05, 0) is 49.7 Å². The summed E-state index contributed by atoms with van der Waals surface area (Å²) >= 11 is 0. The number of hydrogen-bond donors (Lipinski definition) is 1. The quantitative estimate of drug-likeness (QED) is 0.884. The highest BCUT2D eigenvalue weighted by molar-refractivity contribution is 5.32. The van der Waals surface area contributed by atoms with Crippen molar-refractivity contribution in [2.24, 2.45) is 0 Å². The van der Waals surface area contributed by atoms with Crippen LogP contribution in [0, 0.1) is 0 Å². The molecule has 0 radical (unpaired) electrons. The van der Waals surface area contributed by atoms with Crippen molar-refractivity contribution in [3.05, 3.63) is 35.4 Å². The number of aryl methyl sites for hydroxylation is 1. The molecule has 3 unspecified atom stereocenters. The average molecular weight is 245 g/mol. The minimum atomic E-state index is 0.379. The molecule has 3 atom stereocenters. The van der Waals surface area contributed by atoms with E-state index in [0.29, 0.717) is 18.1 Å². The minimum absolute atomic E-state index is 0.379. The van der Waals surface area contributed by atoms with E-state index in [1.165, 1.54) is 19.3 Å². The second-order valence-electron chi connectivity index (χ2n) is 5.67. The van der Waals surface area contributed by atoms with Gasteiger partial charge in [0, 0.05) is 19.2 Å². The molecular formula is C16H23NO. The van der Waals surface area contributed by atoms with Crippen LogP contribution in [-0.2, 0) is 11.2 Å². The molecule has 2 heteroatoms. The zero-order valence-electron chi connectivity index (χ0n) is 11.2. The van der Waals surface area contributed by atoms with E-state index >= 15 is 0 Å². The van der Waals surface area contributed by atoms with Crippen molar-refractivity contribution in [2.75, 3.05) is 13.2 Å². The molecular weight excluding hydrogens is 222 g/mol. The number of hydrogen-bond acceptors (Lipinski definition) is 2. The predicted molar refractivity (Wildman–Crippen MR) is 73.9 cm³/mol. The number of nitrogens with one attached hydrogen (secondary N) is 1. The first kappa shape index (κ1) is 12.2. The summed E-state index contributed by atoms with van der Waals surface area (Å²) in [7, 11) is 0. The molecule has 98 valence electrons. The molecule has 1 N–H and O–H groups in total. The second kappa shape index (κ2) is 5.41. The lowest BCUT2D eigenvalue weighted by Crippen LogP contribution is -2.37. The lowest BCUT2D eigenvalue weighted by molar-refractivity contribution is 0.113. The van der Waals surface area contributed by atoms with Gasteiger partial charge >= 0.3 is 0 Å². The third-order valence-corrected chi connectivity index (χ3v) is 4.50. The molecule has 3 rings (SSSR count). The van der Waals surface area contributed by atoms with Gasteiger partial charge in [-0.1, -0.05) is 24.3 Å². The second-order valence-corrected chi connectivity index (χ2v) is 5.67. The number of ether oxygens (including phenoxy) is 1. The van der Waals surface area contributed by atoms with Crippen LogP contribution in [-0.4, -0.2) is 25.3 Å². The molecule has 1 saturated heterocycles. The fraction of sp³-hybridized carbons (Fsp3) is 0.625. The van der Waals surface area contributed by atoms with Crippen LogP contribution in [0.4, 0.5) is 0 Å². The predicted octanol–water partition coefficient (Wildman–Crippen LogP) is 2.87. The first-order valence-corrected chi connectivity index (χ1v) is 7.27. The molecule has 1 aliphatic heterocycles. The molecule has 0 saturated carbocycles. The Kier molecular flexibility index (Phi) is 3.67. The number of benzene rings is 1. The Morgan fingerprint density at radius 2 is 2.17 bits per heavy atom. The van der Waals surface area contributed by atoms with E-state index in [1.807, 2.05) is 0 Å². The largest absolute Gasteiger partial charge is 0.377 e. The Hall–Kier alpha value is -0.860. The summed E-state index contributed by atoms with van der Waals surface area (Å²) in [6, 6.07) is 9.51. The first-order chi connectivity index (χ1) is 8.84. The smallest absolute Gasteiger partial charge is 0.0700 e. The number of fused-ring (bicyclic) bond motifs is 1. The van der Waals surface area contributed by atoms with Gasteiger partial charge < -0.3 is 10.1 Å². The van der Waals surface area contributed by atoms with E-state index in [2.05, 4.69) is 36.5 Å². The Balaban J connectivity index is 1.64. The summed E-state index contributed by atoms with van der Waals surface area (Å²) in [6.07, 6.45) is 5.46. The van der Waals surface area contributed by atoms with Crippen LogP contribution < -0.4 is 5.32 Å². The van der Waals surface area contributed by atoms with Crippen LogP contribution in [0.1, 0.15) is 43.2 Å². The molecule has 1 heterocycles. The summed E-state index contributed by atoms with van der Waals surface area (Å²) in [5.41, 5.74) is 3.13. The fourth-order valence-electron chi connectivity index (χ4n) is 3.36. The standard InChI is InChI=1S/C16H23NO/c1-12-16(9-10-18-12)17-11-14-7-4-6-13-5-2-3-8-15(13)14/h2-3,5,8,12,14,16-17H,4,6-7,9-11H2,1H3. The van der Waals surface area contributed by atoms with E-state index in [9.17, 15) is 0 Å². The molecule has 1 aromatic rings. The summed E-state index contributed by atoms with van der Waals surface area (Å²) in [5.74, 6) is 0.697. The molecule has 2 nitrogen and oxygen atoms in total. The molecule has 0 amide bonds. The zero-order chi connectivity index (χ0) is 12.4. The Bertz CT molecular complexity index is 404. The van der Waals surface area contributed by atoms with E-state index in [1.54, 1.807) is 11.1 Å². The normalized spacial score (nSPS) is 31.3. The van der Waals surface area contributed by atoms with Crippen LogP contribution >= 0.6 is 0 Å². The van der Waals surface area contributed by atoms with Crippen LogP contribution in [0.2, 0.25) is 0 Å². The van der Waals surface area contributed by atoms with Crippen molar-refractivity contribution < 1.29 is 4.74 Å². The van der Waals surface area contributed by atoms with Gasteiger partial charge in [-0.25, -0.2) is 0 Å². The van der Waals surface area contributed by atoms with Gasteiger partial charge in [0.2, 0.25) is 0 Å². The van der Waals surface area contributed by atoms with Crippen molar-refractivity contribution >= 4 is 0 Å². The highest BCUT2D eigenvalue weighted by atomic mass is 16.5. The molecule has 1 aliphatic carbocycles. The van der Waals surface area contributed by atoms with Gasteiger partial charge in [0.05, 0.1) is 6.10 Å². The van der Waals surface area contributed by atoms with E-state index < -0.39 is 0 Å². The molecule has 2 aliphatic rings. The van der Waals surface area contributed by atoms with E-state index in [4.69, 9.17) is 4.74 Å². The van der Waals surface area contributed by atoms with Crippen molar-refractivity contribution in [2.45, 2.75) is 50.7 Å². The SMILES string of the molecule is CC1OCCC1NCC1CCCc2ccccc21. The minimum Gasteiger partial charge on any atom is -0.377 e. The highest BCUT2D eigenvalue weighted by Crippen LogP contribution is 2.31. The monoisotopic (exact) mass is 245 g/mol. The lowest BCUT2D eigenvalue weighted by atomic mass is 9.82. The zero-order valence-corrected chi connectivity index (χ0v) is 11.2. The van der Waals surface area contributed by atoms with Crippen LogP contribution in [0.3, 0.4) is 0 Å². The summed E-state index contributed by atoms with van der Waals surface area (Å²) < 4.78 is 5.61. The van der Waals surface area contributed by atoms with Crippen molar-refractivity contribution in [1.82, 2.24) is 5.32 Å². The Morgan fingerprint density at radius 1 is 1.28 bits per heavy atom. The first-order valence-electron chi connectivity index (χ1n) is 7.27. The van der Waals surface area contributed by atoms with Gasteiger partial charge in [-0.2, -0.15) is 0 Å². The third-order valence-electron chi connectivity index (χ3n) is 4.50. The van der Waals surface area contributed by atoms with Gasteiger partial charge in [0.1, 0.15) is 0 Å². The third kappa shape index (κ3) is 2.45. The molecule has 0 bridgehead atoms.